The minimum absolute atomic E-state index is 0.0124. The summed E-state index contributed by atoms with van der Waals surface area (Å²) in [4.78, 5) is 27.8. The van der Waals surface area contributed by atoms with Crippen LogP contribution >= 0.6 is 0 Å². The summed E-state index contributed by atoms with van der Waals surface area (Å²) in [6, 6.07) is 0.614. The number of rotatable bonds is 8. The van der Waals surface area contributed by atoms with E-state index in [4.69, 9.17) is 9.84 Å². The van der Waals surface area contributed by atoms with E-state index in [2.05, 4.69) is 24.7 Å². The molecule has 0 aromatic carbocycles. The molecule has 9 heteroatoms. The van der Waals surface area contributed by atoms with Crippen molar-refractivity contribution in [2.24, 2.45) is 0 Å². The zero-order valence-corrected chi connectivity index (χ0v) is 17.4. The standard InChI is InChI=1S/C17H30N4O4Si/c1-13-16(14(2)21(18-13)8-9-22)19-7-6-15(23)20(17(19)24)12-25-10-11-26(3,4)5/h22H,6-12H2,1-5H3. The molecular formula is C17H30N4O4Si. The molecule has 2 rings (SSSR count). The molecule has 146 valence electrons. The molecule has 0 bridgehead atoms. The maximum absolute atomic E-state index is 12.9. The number of amides is 3. The maximum Gasteiger partial charge on any atom is 0.333 e. The van der Waals surface area contributed by atoms with Gasteiger partial charge in [0, 0.05) is 27.6 Å². The highest BCUT2D eigenvalue weighted by molar-refractivity contribution is 6.76. The van der Waals surface area contributed by atoms with Crippen LogP contribution in [0.4, 0.5) is 10.5 Å². The van der Waals surface area contributed by atoms with Gasteiger partial charge in [0.1, 0.15) is 6.73 Å². The molecule has 1 aromatic rings. The van der Waals surface area contributed by atoms with E-state index >= 15 is 0 Å². The van der Waals surface area contributed by atoms with Crippen LogP contribution in [0.3, 0.4) is 0 Å². The van der Waals surface area contributed by atoms with Crippen LogP contribution in [0.15, 0.2) is 0 Å². The van der Waals surface area contributed by atoms with Gasteiger partial charge in [-0.3, -0.25) is 14.4 Å². The summed E-state index contributed by atoms with van der Waals surface area (Å²) in [6.45, 7) is 11.7. The first kappa shape index (κ1) is 20.6. The van der Waals surface area contributed by atoms with Gasteiger partial charge in [-0.25, -0.2) is 9.69 Å². The monoisotopic (exact) mass is 382 g/mol. The zero-order chi connectivity index (χ0) is 19.5. The van der Waals surface area contributed by atoms with Gasteiger partial charge in [0.2, 0.25) is 5.91 Å². The molecule has 2 heterocycles. The van der Waals surface area contributed by atoms with E-state index in [0.29, 0.717) is 31.1 Å². The first-order chi connectivity index (χ1) is 12.2. The number of aliphatic hydroxyl groups is 1. The van der Waals surface area contributed by atoms with Crippen molar-refractivity contribution in [1.29, 1.82) is 0 Å². The van der Waals surface area contributed by atoms with Crippen LogP contribution in [0, 0.1) is 13.8 Å². The fourth-order valence-electron chi connectivity index (χ4n) is 2.95. The fraction of sp³-hybridized carbons (Fsp3) is 0.706. The second-order valence-electron chi connectivity index (χ2n) is 7.82. The first-order valence-corrected chi connectivity index (χ1v) is 12.7. The smallest absolute Gasteiger partial charge is 0.333 e. The van der Waals surface area contributed by atoms with Crippen LogP contribution in [-0.2, 0) is 16.1 Å². The average molecular weight is 383 g/mol. The normalized spacial score (nSPS) is 15.9. The second kappa shape index (κ2) is 8.32. The molecule has 1 N–H and O–H groups in total. The van der Waals surface area contributed by atoms with Crippen LogP contribution in [0.1, 0.15) is 17.8 Å². The lowest BCUT2D eigenvalue weighted by Gasteiger charge is -2.34. The van der Waals surface area contributed by atoms with Gasteiger partial charge < -0.3 is 9.84 Å². The Morgan fingerprint density at radius 2 is 1.92 bits per heavy atom. The van der Waals surface area contributed by atoms with E-state index in [9.17, 15) is 9.59 Å². The quantitative estimate of drug-likeness (QED) is 0.548. The fourth-order valence-corrected chi connectivity index (χ4v) is 3.71. The summed E-state index contributed by atoms with van der Waals surface area (Å²) >= 11 is 0. The number of imide groups is 1. The molecule has 1 saturated heterocycles. The van der Waals surface area contributed by atoms with Gasteiger partial charge in [0.05, 0.1) is 30.2 Å². The van der Waals surface area contributed by atoms with Crippen molar-refractivity contribution >= 4 is 25.7 Å². The highest BCUT2D eigenvalue weighted by atomic mass is 28.3. The van der Waals surface area contributed by atoms with Crippen LogP contribution in [0.2, 0.25) is 25.7 Å². The summed E-state index contributed by atoms with van der Waals surface area (Å²) in [7, 11) is -1.22. The molecule has 1 fully saturated rings. The third-order valence-electron chi connectivity index (χ3n) is 4.45. The van der Waals surface area contributed by atoms with Crippen LogP contribution in [-0.4, -0.2) is 66.3 Å². The van der Waals surface area contributed by atoms with E-state index in [1.54, 1.807) is 9.58 Å². The summed E-state index contributed by atoms with van der Waals surface area (Å²) in [5.41, 5.74) is 2.22. The topological polar surface area (TPSA) is 87.9 Å². The molecule has 1 aliphatic rings. The predicted molar refractivity (Wildman–Crippen MR) is 102 cm³/mol. The van der Waals surface area contributed by atoms with E-state index < -0.39 is 8.07 Å². The molecule has 0 unspecified atom stereocenters. The number of urea groups is 1. The van der Waals surface area contributed by atoms with Crippen molar-refractivity contribution in [2.45, 2.75) is 52.5 Å². The largest absolute Gasteiger partial charge is 0.394 e. The minimum Gasteiger partial charge on any atom is -0.394 e. The number of hydrogen-bond donors (Lipinski definition) is 1. The summed E-state index contributed by atoms with van der Waals surface area (Å²) < 4.78 is 7.30. The number of aryl methyl sites for hydroxylation is 1. The van der Waals surface area contributed by atoms with Gasteiger partial charge in [-0.15, -0.1) is 0 Å². The number of ether oxygens (including phenoxy) is 1. The van der Waals surface area contributed by atoms with Crippen molar-refractivity contribution in [3.63, 3.8) is 0 Å². The minimum atomic E-state index is -1.22. The molecule has 0 radical (unpaired) electrons. The Bertz CT molecular complexity index is 668. The number of carbonyl (C=O) groups excluding carboxylic acids is 2. The summed E-state index contributed by atoms with van der Waals surface area (Å²) in [6.07, 6.45) is 0.257. The van der Waals surface area contributed by atoms with Crippen molar-refractivity contribution < 1.29 is 19.4 Å². The average Bonchev–Trinajstić information content (AvgIpc) is 2.81. The SMILES string of the molecule is Cc1nn(CCO)c(C)c1N1CCC(=O)N(COCC[Si](C)(C)C)C1=O. The maximum atomic E-state index is 12.9. The van der Waals surface area contributed by atoms with Crippen molar-refractivity contribution in [3.8, 4) is 0 Å². The molecule has 26 heavy (non-hydrogen) atoms. The number of nitrogens with zero attached hydrogens (tertiary/aromatic N) is 4. The Morgan fingerprint density at radius 1 is 1.23 bits per heavy atom. The molecule has 0 saturated carbocycles. The number of aliphatic hydroxyl groups excluding tert-OH is 1. The number of anilines is 1. The summed E-state index contributed by atoms with van der Waals surface area (Å²) in [5, 5.41) is 13.5. The molecule has 1 aromatic heterocycles. The summed E-state index contributed by atoms with van der Waals surface area (Å²) in [5.74, 6) is -0.211. The third-order valence-corrected chi connectivity index (χ3v) is 6.16. The van der Waals surface area contributed by atoms with E-state index in [-0.39, 0.29) is 31.7 Å². The lowest BCUT2D eigenvalue weighted by molar-refractivity contribution is -0.133. The molecule has 1 aliphatic heterocycles. The van der Waals surface area contributed by atoms with E-state index in [1.807, 2.05) is 13.8 Å². The first-order valence-electron chi connectivity index (χ1n) is 9.00. The lowest BCUT2D eigenvalue weighted by Crippen LogP contribution is -2.53. The number of hydrogen-bond acceptors (Lipinski definition) is 5. The van der Waals surface area contributed by atoms with Crippen LogP contribution < -0.4 is 4.90 Å². The van der Waals surface area contributed by atoms with Crippen molar-refractivity contribution in [1.82, 2.24) is 14.7 Å². The Labute approximate surface area is 155 Å². The highest BCUT2D eigenvalue weighted by Crippen LogP contribution is 2.28. The molecule has 0 aliphatic carbocycles. The zero-order valence-electron chi connectivity index (χ0n) is 16.4. The second-order valence-corrected chi connectivity index (χ2v) is 13.4. The molecule has 0 spiro atoms. The molecule has 8 nitrogen and oxygen atoms in total. The van der Waals surface area contributed by atoms with E-state index in [0.717, 1.165) is 11.7 Å². The molecule has 3 amide bonds. The van der Waals surface area contributed by atoms with Gasteiger partial charge >= 0.3 is 6.03 Å². The van der Waals surface area contributed by atoms with Crippen molar-refractivity contribution in [3.05, 3.63) is 11.4 Å². The molecule has 0 atom stereocenters. The Hall–Kier alpha value is -1.71. The predicted octanol–water partition coefficient (Wildman–Crippen LogP) is 1.96. The van der Waals surface area contributed by atoms with Gasteiger partial charge in [-0.2, -0.15) is 5.10 Å². The van der Waals surface area contributed by atoms with Crippen molar-refractivity contribution in [2.75, 3.05) is 31.4 Å². The van der Waals surface area contributed by atoms with Crippen LogP contribution in [0.5, 0.6) is 0 Å². The lowest BCUT2D eigenvalue weighted by atomic mass is 10.2. The Kier molecular flexibility index (Phi) is 6.59. The number of carbonyl (C=O) groups is 2. The van der Waals surface area contributed by atoms with Gasteiger partial charge in [-0.1, -0.05) is 19.6 Å². The van der Waals surface area contributed by atoms with Gasteiger partial charge in [0.15, 0.2) is 0 Å². The molecular weight excluding hydrogens is 352 g/mol. The Balaban J connectivity index is 2.10. The Morgan fingerprint density at radius 3 is 2.54 bits per heavy atom. The van der Waals surface area contributed by atoms with E-state index in [1.165, 1.54) is 4.90 Å². The number of aromatic nitrogens is 2. The van der Waals surface area contributed by atoms with Gasteiger partial charge in [-0.05, 0) is 19.9 Å². The van der Waals surface area contributed by atoms with Gasteiger partial charge in [0.25, 0.3) is 0 Å². The highest BCUT2D eigenvalue weighted by Gasteiger charge is 2.35. The van der Waals surface area contributed by atoms with Crippen LogP contribution in [0.25, 0.3) is 0 Å². The third kappa shape index (κ3) is 4.71.